The van der Waals surface area contributed by atoms with Crippen molar-refractivity contribution >= 4 is 5.97 Å². The van der Waals surface area contributed by atoms with Crippen molar-refractivity contribution < 1.29 is 9.90 Å². The molecule has 0 radical (unpaired) electrons. The topological polar surface area (TPSA) is 55.1 Å². The first kappa shape index (κ1) is 11.0. The molecule has 1 aromatic heterocycles. The Morgan fingerprint density at radius 3 is 3.00 bits per heavy atom. The van der Waals surface area contributed by atoms with Crippen LogP contribution in [0.2, 0.25) is 0 Å². The Balaban J connectivity index is 2.01. The summed E-state index contributed by atoms with van der Waals surface area (Å²) in [5.74, 6) is 0.206. The van der Waals surface area contributed by atoms with Crippen molar-refractivity contribution in [1.82, 2.24) is 9.55 Å². The third-order valence-electron chi connectivity index (χ3n) is 3.31. The van der Waals surface area contributed by atoms with E-state index in [9.17, 15) is 4.79 Å². The number of carbonyl (C=O) groups is 1. The normalized spacial score (nSPS) is 14.2. The molecule has 3 rings (SSSR count). The molecule has 0 bridgehead atoms. The molecule has 0 fully saturated rings. The molecule has 1 aliphatic rings. The van der Waals surface area contributed by atoms with Crippen LogP contribution in [-0.4, -0.2) is 20.6 Å². The van der Waals surface area contributed by atoms with E-state index >= 15 is 0 Å². The summed E-state index contributed by atoms with van der Waals surface area (Å²) >= 11 is 0. The maximum absolute atomic E-state index is 11.0. The average molecular weight is 242 g/mol. The molecule has 1 aliphatic heterocycles. The minimum Gasteiger partial charge on any atom is -0.478 e. The van der Waals surface area contributed by atoms with Crippen LogP contribution in [0.5, 0.6) is 0 Å². The molecule has 0 saturated heterocycles. The number of benzene rings is 1. The van der Waals surface area contributed by atoms with Gasteiger partial charge in [-0.05, 0) is 25.0 Å². The zero-order valence-electron chi connectivity index (χ0n) is 9.97. The van der Waals surface area contributed by atoms with E-state index in [1.807, 2.05) is 12.3 Å². The third-order valence-corrected chi connectivity index (χ3v) is 3.31. The maximum atomic E-state index is 11.0. The Bertz CT molecular complexity index is 578. The standard InChI is InChI=1S/C14H14N2O2/c17-14(18)11-5-3-4-10(8-11)12-9-16-7-2-1-6-13(16)15-12/h3-5,8-9H,1-2,6-7H2,(H,17,18). The second kappa shape index (κ2) is 4.29. The van der Waals surface area contributed by atoms with E-state index in [1.165, 1.54) is 12.8 Å². The lowest BCUT2D eigenvalue weighted by Crippen LogP contribution is -2.08. The van der Waals surface area contributed by atoms with Crippen LogP contribution < -0.4 is 0 Å². The summed E-state index contributed by atoms with van der Waals surface area (Å²) in [4.78, 5) is 15.5. The first-order chi connectivity index (χ1) is 8.74. The lowest BCUT2D eigenvalue weighted by Gasteiger charge is -2.11. The highest BCUT2D eigenvalue weighted by molar-refractivity contribution is 5.89. The van der Waals surface area contributed by atoms with E-state index in [4.69, 9.17) is 5.11 Å². The van der Waals surface area contributed by atoms with Gasteiger partial charge in [0.2, 0.25) is 0 Å². The molecule has 0 atom stereocenters. The molecule has 0 amide bonds. The molecule has 2 aromatic rings. The van der Waals surface area contributed by atoms with Gasteiger partial charge >= 0.3 is 5.97 Å². The van der Waals surface area contributed by atoms with E-state index in [2.05, 4.69) is 9.55 Å². The number of carboxylic acids is 1. The molecule has 4 nitrogen and oxygen atoms in total. The number of rotatable bonds is 2. The summed E-state index contributed by atoms with van der Waals surface area (Å²) in [6, 6.07) is 6.94. The van der Waals surface area contributed by atoms with E-state index in [-0.39, 0.29) is 0 Å². The number of aromatic carboxylic acids is 1. The zero-order valence-corrected chi connectivity index (χ0v) is 9.97. The quantitative estimate of drug-likeness (QED) is 0.880. The van der Waals surface area contributed by atoms with E-state index in [0.29, 0.717) is 5.56 Å². The molecule has 2 heterocycles. The third kappa shape index (κ3) is 1.90. The highest BCUT2D eigenvalue weighted by Crippen LogP contribution is 2.23. The van der Waals surface area contributed by atoms with Crippen LogP contribution in [-0.2, 0) is 13.0 Å². The maximum Gasteiger partial charge on any atom is 0.335 e. The largest absolute Gasteiger partial charge is 0.478 e. The molecular formula is C14H14N2O2. The van der Waals surface area contributed by atoms with Gasteiger partial charge in [0.1, 0.15) is 5.82 Å². The zero-order chi connectivity index (χ0) is 12.5. The van der Waals surface area contributed by atoms with Gasteiger partial charge in [-0.2, -0.15) is 0 Å². The Morgan fingerprint density at radius 2 is 2.22 bits per heavy atom. The molecule has 92 valence electrons. The first-order valence-electron chi connectivity index (χ1n) is 6.14. The van der Waals surface area contributed by atoms with Gasteiger partial charge in [0.25, 0.3) is 0 Å². The van der Waals surface area contributed by atoms with Crippen LogP contribution in [0.15, 0.2) is 30.5 Å². The molecule has 0 spiro atoms. The number of fused-ring (bicyclic) bond motifs is 1. The van der Waals surface area contributed by atoms with Crippen LogP contribution in [0.4, 0.5) is 0 Å². The van der Waals surface area contributed by atoms with Gasteiger partial charge in [-0.15, -0.1) is 0 Å². The molecule has 0 saturated carbocycles. The van der Waals surface area contributed by atoms with E-state index in [1.54, 1.807) is 18.2 Å². The van der Waals surface area contributed by atoms with Gasteiger partial charge in [-0.25, -0.2) is 9.78 Å². The van der Waals surface area contributed by atoms with Crippen molar-refractivity contribution in [1.29, 1.82) is 0 Å². The van der Waals surface area contributed by atoms with Crippen molar-refractivity contribution in [3.63, 3.8) is 0 Å². The fourth-order valence-electron chi connectivity index (χ4n) is 2.36. The van der Waals surface area contributed by atoms with Crippen LogP contribution in [0.25, 0.3) is 11.3 Å². The summed E-state index contributed by atoms with van der Waals surface area (Å²) in [6.45, 7) is 1.01. The van der Waals surface area contributed by atoms with Crippen LogP contribution in [0, 0.1) is 0 Å². The number of hydrogen-bond acceptors (Lipinski definition) is 2. The predicted molar refractivity (Wildman–Crippen MR) is 67.6 cm³/mol. The van der Waals surface area contributed by atoms with Gasteiger partial charge in [-0.1, -0.05) is 12.1 Å². The summed E-state index contributed by atoms with van der Waals surface area (Å²) in [6.07, 6.45) is 5.41. The Morgan fingerprint density at radius 1 is 1.33 bits per heavy atom. The van der Waals surface area contributed by atoms with Crippen molar-refractivity contribution in [2.24, 2.45) is 0 Å². The molecule has 1 aromatic carbocycles. The van der Waals surface area contributed by atoms with Gasteiger partial charge in [-0.3, -0.25) is 0 Å². The fraction of sp³-hybridized carbons (Fsp3) is 0.286. The monoisotopic (exact) mass is 242 g/mol. The lowest BCUT2D eigenvalue weighted by atomic mass is 10.1. The Labute approximate surface area is 105 Å². The average Bonchev–Trinajstić information content (AvgIpc) is 2.82. The van der Waals surface area contributed by atoms with Crippen molar-refractivity contribution in [3.05, 3.63) is 41.9 Å². The minimum absolute atomic E-state index is 0.304. The van der Waals surface area contributed by atoms with Crippen molar-refractivity contribution in [2.75, 3.05) is 0 Å². The highest BCUT2D eigenvalue weighted by atomic mass is 16.4. The Hall–Kier alpha value is -2.10. The van der Waals surface area contributed by atoms with Crippen molar-refractivity contribution in [3.8, 4) is 11.3 Å². The molecule has 1 N–H and O–H groups in total. The summed E-state index contributed by atoms with van der Waals surface area (Å²) in [5, 5.41) is 8.99. The second-order valence-electron chi connectivity index (χ2n) is 4.58. The SMILES string of the molecule is O=C(O)c1cccc(-c2cn3c(n2)CCCC3)c1. The number of carboxylic acid groups (broad SMARTS) is 1. The van der Waals surface area contributed by atoms with Crippen LogP contribution >= 0.6 is 0 Å². The number of hydrogen-bond donors (Lipinski definition) is 1. The molecule has 0 unspecified atom stereocenters. The number of imidazole rings is 1. The van der Waals surface area contributed by atoms with Crippen LogP contribution in [0.3, 0.4) is 0 Å². The second-order valence-corrected chi connectivity index (χ2v) is 4.58. The number of aromatic nitrogens is 2. The smallest absolute Gasteiger partial charge is 0.335 e. The summed E-state index contributed by atoms with van der Waals surface area (Å²) in [7, 11) is 0. The van der Waals surface area contributed by atoms with Gasteiger partial charge in [0.05, 0.1) is 11.3 Å². The number of aryl methyl sites for hydroxylation is 2. The minimum atomic E-state index is -0.902. The van der Waals surface area contributed by atoms with E-state index < -0.39 is 5.97 Å². The van der Waals surface area contributed by atoms with Crippen molar-refractivity contribution in [2.45, 2.75) is 25.8 Å². The molecule has 4 heteroatoms. The molecule has 18 heavy (non-hydrogen) atoms. The lowest BCUT2D eigenvalue weighted by molar-refractivity contribution is 0.0697. The number of nitrogens with zero attached hydrogens (tertiary/aromatic N) is 2. The van der Waals surface area contributed by atoms with Gasteiger partial charge in [0.15, 0.2) is 0 Å². The van der Waals surface area contributed by atoms with E-state index in [0.717, 1.165) is 30.0 Å². The van der Waals surface area contributed by atoms with Crippen LogP contribution in [0.1, 0.15) is 29.0 Å². The molecular weight excluding hydrogens is 228 g/mol. The first-order valence-corrected chi connectivity index (χ1v) is 6.14. The molecule has 0 aliphatic carbocycles. The van der Waals surface area contributed by atoms with Gasteiger partial charge in [0, 0.05) is 24.7 Å². The summed E-state index contributed by atoms with van der Waals surface area (Å²) < 4.78 is 2.17. The fourth-order valence-corrected chi connectivity index (χ4v) is 2.36. The van der Waals surface area contributed by atoms with Gasteiger partial charge < -0.3 is 9.67 Å². The highest BCUT2D eigenvalue weighted by Gasteiger charge is 2.13. The summed E-state index contributed by atoms with van der Waals surface area (Å²) in [5.41, 5.74) is 2.05. The predicted octanol–water partition coefficient (Wildman–Crippen LogP) is 2.58. The Kier molecular flexibility index (Phi) is 2.63.